The van der Waals surface area contributed by atoms with Gasteiger partial charge in [-0.3, -0.25) is 9.69 Å². The summed E-state index contributed by atoms with van der Waals surface area (Å²) in [5, 5.41) is 3.06. The van der Waals surface area contributed by atoms with Crippen LogP contribution >= 0.6 is 0 Å². The first-order valence-electron chi connectivity index (χ1n) is 11.4. The summed E-state index contributed by atoms with van der Waals surface area (Å²) in [6, 6.07) is 14.7. The Balaban J connectivity index is 1.32. The molecule has 1 aliphatic carbocycles. The van der Waals surface area contributed by atoms with E-state index in [4.69, 9.17) is 4.42 Å². The van der Waals surface area contributed by atoms with E-state index in [0.717, 1.165) is 23.4 Å². The number of amides is 1. The van der Waals surface area contributed by atoms with Gasteiger partial charge in [-0.05, 0) is 55.8 Å². The minimum absolute atomic E-state index is 0.0701. The highest BCUT2D eigenvalue weighted by Crippen LogP contribution is 2.25. The van der Waals surface area contributed by atoms with E-state index in [1.54, 1.807) is 18.3 Å². The van der Waals surface area contributed by atoms with Crippen LogP contribution in [0.5, 0.6) is 0 Å². The number of halogens is 1. The molecule has 1 heterocycles. The van der Waals surface area contributed by atoms with Gasteiger partial charge in [0.05, 0.1) is 6.20 Å². The molecule has 0 radical (unpaired) electrons. The van der Waals surface area contributed by atoms with Crippen molar-refractivity contribution in [2.75, 3.05) is 12.4 Å². The molecule has 6 heteroatoms. The molecule has 1 amide bonds. The average molecular weight is 436 g/mol. The number of oxazole rings is 1. The molecule has 0 unspecified atom stereocenters. The highest BCUT2D eigenvalue weighted by molar-refractivity contribution is 5.91. The van der Waals surface area contributed by atoms with Crippen LogP contribution in [0.1, 0.15) is 50.0 Å². The smallest absolute Gasteiger partial charge is 0.224 e. The van der Waals surface area contributed by atoms with Gasteiger partial charge in [0, 0.05) is 36.7 Å². The molecule has 0 bridgehead atoms. The molecule has 1 N–H and O–H groups in total. The second kappa shape index (κ2) is 10.6. The van der Waals surface area contributed by atoms with Crippen molar-refractivity contribution in [3.8, 4) is 11.3 Å². The first-order valence-corrected chi connectivity index (χ1v) is 11.4. The Labute approximate surface area is 188 Å². The third-order valence-corrected chi connectivity index (χ3v) is 6.16. The number of anilines is 1. The molecule has 4 rings (SSSR count). The molecule has 32 heavy (non-hydrogen) atoms. The summed E-state index contributed by atoms with van der Waals surface area (Å²) in [4.78, 5) is 19.3. The molecule has 3 aromatic rings. The number of hydrogen-bond donors (Lipinski definition) is 1. The second-order valence-electron chi connectivity index (χ2n) is 8.54. The van der Waals surface area contributed by atoms with Gasteiger partial charge in [0.15, 0.2) is 11.7 Å². The zero-order valence-corrected chi connectivity index (χ0v) is 18.5. The summed E-state index contributed by atoms with van der Waals surface area (Å²) in [5.41, 5.74) is 2.74. The molecule has 1 aliphatic rings. The topological polar surface area (TPSA) is 58.4 Å². The molecule has 0 spiro atoms. The molecular weight excluding hydrogens is 405 g/mol. The first kappa shape index (κ1) is 22.2. The zero-order valence-electron chi connectivity index (χ0n) is 18.5. The van der Waals surface area contributed by atoms with Gasteiger partial charge in [-0.2, -0.15) is 0 Å². The van der Waals surface area contributed by atoms with Gasteiger partial charge in [-0.15, -0.1) is 0 Å². The van der Waals surface area contributed by atoms with Gasteiger partial charge < -0.3 is 9.73 Å². The molecule has 168 valence electrons. The number of carbonyl (C=O) groups excluding carboxylic acids is 1. The van der Waals surface area contributed by atoms with E-state index in [1.807, 2.05) is 18.2 Å². The van der Waals surface area contributed by atoms with Crippen molar-refractivity contribution >= 4 is 11.6 Å². The number of nitrogens with one attached hydrogen (secondary N) is 1. The van der Waals surface area contributed by atoms with Crippen LogP contribution in [-0.2, 0) is 17.8 Å². The van der Waals surface area contributed by atoms with E-state index in [9.17, 15) is 9.18 Å². The highest BCUT2D eigenvalue weighted by atomic mass is 19.1. The lowest BCUT2D eigenvalue weighted by Gasteiger charge is -2.31. The Bertz CT molecular complexity index is 1030. The Morgan fingerprint density at radius 2 is 1.88 bits per heavy atom. The zero-order chi connectivity index (χ0) is 22.3. The van der Waals surface area contributed by atoms with Crippen LogP contribution in [0.15, 0.2) is 59.1 Å². The highest BCUT2D eigenvalue weighted by Gasteiger charge is 2.19. The molecular formula is C26H30FN3O2. The molecule has 1 saturated carbocycles. The standard InChI is InChI=1S/C26H30FN3O2/c1-30(22-8-3-2-4-9-22)18-20-7-5-6-10-23(20)29-25(31)15-16-26-28-17-24(32-26)19-11-13-21(27)14-12-19/h5-7,10-14,17,22H,2-4,8-9,15-16,18H2,1H3,(H,29,31). The van der Waals surface area contributed by atoms with Gasteiger partial charge in [-0.1, -0.05) is 37.5 Å². The van der Waals surface area contributed by atoms with Crippen molar-refractivity contribution in [3.05, 3.63) is 72.0 Å². The van der Waals surface area contributed by atoms with E-state index in [1.165, 1.54) is 44.2 Å². The predicted molar refractivity (Wildman–Crippen MR) is 124 cm³/mol. The monoisotopic (exact) mass is 435 g/mol. The van der Waals surface area contributed by atoms with E-state index < -0.39 is 0 Å². The maximum absolute atomic E-state index is 13.1. The Hall–Kier alpha value is -2.99. The number of carbonyl (C=O) groups is 1. The van der Waals surface area contributed by atoms with Crippen molar-refractivity contribution < 1.29 is 13.6 Å². The normalized spacial score (nSPS) is 14.6. The third kappa shape index (κ3) is 5.82. The third-order valence-electron chi connectivity index (χ3n) is 6.16. The minimum Gasteiger partial charge on any atom is -0.441 e. The maximum Gasteiger partial charge on any atom is 0.224 e. The first-order chi connectivity index (χ1) is 15.6. The molecule has 0 atom stereocenters. The fourth-order valence-electron chi connectivity index (χ4n) is 4.31. The number of aromatic nitrogens is 1. The fourth-order valence-corrected chi connectivity index (χ4v) is 4.31. The number of hydrogen-bond acceptors (Lipinski definition) is 4. The number of para-hydroxylation sites is 1. The van der Waals surface area contributed by atoms with Crippen molar-refractivity contribution in [3.63, 3.8) is 0 Å². The predicted octanol–water partition coefficient (Wildman–Crippen LogP) is 5.82. The lowest BCUT2D eigenvalue weighted by molar-refractivity contribution is -0.116. The molecule has 1 aromatic heterocycles. The van der Waals surface area contributed by atoms with Crippen LogP contribution in [-0.4, -0.2) is 28.9 Å². The van der Waals surface area contributed by atoms with Crippen LogP contribution in [0, 0.1) is 5.82 Å². The number of aryl methyl sites for hydroxylation is 1. The molecule has 1 fully saturated rings. The van der Waals surface area contributed by atoms with Crippen molar-refractivity contribution in [2.45, 2.75) is 57.5 Å². The minimum atomic E-state index is -0.296. The average Bonchev–Trinajstić information content (AvgIpc) is 3.29. The second-order valence-corrected chi connectivity index (χ2v) is 8.54. The van der Waals surface area contributed by atoms with Crippen LogP contribution in [0.25, 0.3) is 11.3 Å². The Morgan fingerprint density at radius 3 is 2.66 bits per heavy atom. The van der Waals surface area contributed by atoms with Gasteiger partial charge in [0.25, 0.3) is 0 Å². The maximum atomic E-state index is 13.1. The van der Waals surface area contributed by atoms with Crippen LogP contribution < -0.4 is 5.32 Å². The van der Waals surface area contributed by atoms with E-state index >= 15 is 0 Å². The number of benzene rings is 2. The van der Waals surface area contributed by atoms with E-state index in [-0.39, 0.29) is 18.1 Å². The lowest BCUT2D eigenvalue weighted by Crippen LogP contribution is -2.33. The van der Waals surface area contributed by atoms with Crippen molar-refractivity contribution in [1.82, 2.24) is 9.88 Å². The fraction of sp³-hybridized carbons (Fsp3) is 0.385. The van der Waals surface area contributed by atoms with Gasteiger partial charge in [-0.25, -0.2) is 9.37 Å². The van der Waals surface area contributed by atoms with E-state index in [2.05, 4.69) is 28.3 Å². The van der Waals surface area contributed by atoms with Crippen LogP contribution in [0.4, 0.5) is 10.1 Å². The lowest BCUT2D eigenvalue weighted by atomic mass is 9.94. The van der Waals surface area contributed by atoms with E-state index in [0.29, 0.717) is 24.1 Å². The van der Waals surface area contributed by atoms with Crippen LogP contribution in [0.2, 0.25) is 0 Å². The summed E-state index contributed by atoms with van der Waals surface area (Å²) in [7, 11) is 2.18. The Kier molecular flexibility index (Phi) is 7.32. The summed E-state index contributed by atoms with van der Waals surface area (Å²) in [5.74, 6) is 0.691. The number of nitrogens with zero attached hydrogens (tertiary/aromatic N) is 2. The molecule has 2 aromatic carbocycles. The molecule has 0 saturated heterocycles. The van der Waals surface area contributed by atoms with Gasteiger partial charge in [0.2, 0.25) is 5.91 Å². The summed E-state index contributed by atoms with van der Waals surface area (Å²) in [6.07, 6.45) is 8.73. The SMILES string of the molecule is CN(Cc1ccccc1NC(=O)CCc1ncc(-c2ccc(F)cc2)o1)C1CCCCC1. The van der Waals surface area contributed by atoms with Crippen LogP contribution in [0.3, 0.4) is 0 Å². The molecule has 5 nitrogen and oxygen atoms in total. The quantitative estimate of drug-likeness (QED) is 0.485. The van der Waals surface area contributed by atoms with Crippen molar-refractivity contribution in [1.29, 1.82) is 0 Å². The summed E-state index contributed by atoms with van der Waals surface area (Å²) < 4.78 is 18.8. The summed E-state index contributed by atoms with van der Waals surface area (Å²) >= 11 is 0. The largest absolute Gasteiger partial charge is 0.441 e. The van der Waals surface area contributed by atoms with Gasteiger partial charge >= 0.3 is 0 Å². The Morgan fingerprint density at radius 1 is 1.12 bits per heavy atom. The summed E-state index contributed by atoms with van der Waals surface area (Å²) in [6.45, 7) is 0.821. The van der Waals surface area contributed by atoms with Gasteiger partial charge in [0.1, 0.15) is 5.82 Å². The number of rotatable bonds is 8. The van der Waals surface area contributed by atoms with Crippen molar-refractivity contribution in [2.24, 2.45) is 0 Å². The molecule has 0 aliphatic heterocycles.